The quantitative estimate of drug-likeness (QED) is 0.827. The van der Waals surface area contributed by atoms with Crippen LogP contribution in [0.15, 0.2) is 6.20 Å². The van der Waals surface area contributed by atoms with Gasteiger partial charge in [0.25, 0.3) is 0 Å². The van der Waals surface area contributed by atoms with E-state index in [9.17, 15) is 4.79 Å². The Kier molecular flexibility index (Phi) is 3.43. The third kappa shape index (κ3) is 2.03. The van der Waals surface area contributed by atoms with Gasteiger partial charge in [0.1, 0.15) is 5.69 Å². The van der Waals surface area contributed by atoms with Crippen LogP contribution in [-0.4, -0.2) is 35.8 Å². The highest BCUT2D eigenvalue weighted by Crippen LogP contribution is 2.33. The van der Waals surface area contributed by atoms with Gasteiger partial charge in [-0.3, -0.25) is 9.48 Å². The summed E-state index contributed by atoms with van der Waals surface area (Å²) in [4.78, 5) is 12.8. The first-order chi connectivity index (χ1) is 8.49. The van der Waals surface area contributed by atoms with E-state index in [4.69, 9.17) is 4.74 Å². The van der Waals surface area contributed by atoms with Gasteiger partial charge in [0, 0.05) is 18.0 Å². The van der Waals surface area contributed by atoms with Crippen molar-refractivity contribution in [3.05, 3.63) is 11.9 Å². The van der Waals surface area contributed by atoms with E-state index in [1.807, 2.05) is 20.8 Å². The maximum atomic E-state index is 12.8. The largest absolute Gasteiger partial charge is 0.493 e. The number of carbonyl (C=O) groups is 1. The summed E-state index contributed by atoms with van der Waals surface area (Å²) in [5.74, 6) is 0.692. The number of nitrogens with zero attached hydrogens (tertiary/aromatic N) is 2. The Morgan fingerprint density at radius 2 is 2.33 bits per heavy atom. The lowest BCUT2D eigenvalue weighted by molar-refractivity contribution is 0.0822. The summed E-state index contributed by atoms with van der Waals surface area (Å²) in [6.45, 7) is 7.64. The first kappa shape index (κ1) is 13.1. The topological polar surface area (TPSA) is 56.2 Å². The van der Waals surface area contributed by atoms with Crippen molar-refractivity contribution in [2.75, 3.05) is 20.2 Å². The molecule has 0 saturated carbocycles. The molecule has 1 aliphatic rings. The van der Waals surface area contributed by atoms with Gasteiger partial charge in [-0.1, -0.05) is 6.92 Å². The van der Waals surface area contributed by atoms with Crippen LogP contribution in [0.3, 0.4) is 0 Å². The van der Waals surface area contributed by atoms with E-state index < -0.39 is 0 Å². The Morgan fingerprint density at radius 3 is 2.83 bits per heavy atom. The van der Waals surface area contributed by atoms with E-state index in [-0.39, 0.29) is 17.2 Å². The molecule has 0 radical (unpaired) electrons. The number of rotatable bonds is 4. The van der Waals surface area contributed by atoms with Crippen LogP contribution in [0.25, 0.3) is 0 Å². The van der Waals surface area contributed by atoms with Gasteiger partial charge in [-0.15, -0.1) is 0 Å². The van der Waals surface area contributed by atoms with Crippen molar-refractivity contribution in [2.24, 2.45) is 5.41 Å². The number of hydrogen-bond donors (Lipinski definition) is 1. The Morgan fingerprint density at radius 1 is 1.61 bits per heavy atom. The molecule has 0 spiro atoms. The molecule has 0 amide bonds. The molecular formula is C13H21N3O2. The van der Waals surface area contributed by atoms with E-state index in [1.54, 1.807) is 18.0 Å². The number of hydrogen-bond acceptors (Lipinski definition) is 4. The number of ketones is 1. The van der Waals surface area contributed by atoms with Crippen molar-refractivity contribution >= 4 is 5.78 Å². The molecule has 1 aromatic rings. The van der Waals surface area contributed by atoms with Gasteiger partial charge < -0.3 is 10.1 Å². The van der Waals surface area contributed by atoms with E-state index in [0.717, 1.165) is 19.5 Å². The van der Waals surface area contributed by atoms with E-state index >= 15 is 0 Å². The molecule has 18 heavy (non-hydrogen) atoms. The Bertz CT molecular complexity index is 445. The van der Waals surface area contributed by atoms with Gasteiger partial charge in [-0.2, -0.15) is 5.10 Å². The smallest absolute Gasteiger partial charge is 0.191 e. The SMILES string of the molecule is COc1cnn(C(C)C)c1C(=O)C1(C)CCNC1. The Balaban J connectivity index is 2.42. The minimum atomic E-state index is -0.347. The molecule has 100 valence electrons. The maximum Gasteiger partial charge on any atom is 0.191 e. The average Bonchev–Trinajstić information content (AvgIpc) is 2.94. The van der Waals surface area contributed by atoms with Crippen molar-refractivity contribution in [3.63, 3.8) is 0 Å². The Hall–Kier alpha value is -1.36. The van der Waals surface area contributed by atoms with Crippen LogP contribution in [0, 0.1) is 5.41 Å². The van der Waals surface area contributed by atoms with Crippen LogP contribution in [0.2, 0.25) is 0 Å². The van der Waals surface area contributed by atoms with Crippen LogP contribution in [0.4, 0.5) is 0 Å². The van der Waals surface area contributed by atoms with Gasteiger partial charge in [-0.25, -0.2) is 0 Å². The van der Waals surface area contributed by atoms with Gasteiger partial charge in [0.2, 0.25) is 0 Å². The second kappa shape index (κ2) is 4.72. The summed E-state index contributed by atoms with van der Waals surface area (Å²) >= 11 is 0. The zero-order chi connectivity index (χ0) is 13.3. The maximum absolute atomic E-state index is 12.8. The number of Topliss-reactive ketones (excluding diaryl/α,β-unsaturated/α-hetero) is 1. The van der Waals surface area contributed by atoms with E-state index in [0.29, 0.717) is 11.4 Å². The number of ether oxygens (including phenoxy) is 1. The lowest BCUT2D eigenvalue weighted by atomic mass is 9.83. The van der Waals surface area contributed by atoms with Gasteiger partial charge >= 0.3 is 0 Å². The molecule has 5 nitrogen and oxygen atoms in total. The zero-order valence-electron chi connectivity index (χ0n) is 11.5. The monoisotopic (exact) mass is 251 g/mol. The molecule has 2 rings (SSSR count). The minimum absolute atomic E-state index is 0.121. The highest BCUT2D eigenvalue weighted by molar-refractivity contribution is 6.01. The molecule has 1 unspecified atom stereocenters. The van der Waals surface area contributed by atoms with Crippen molar-refractivity contribution in [2.45, 2.75) is 33.2 Å². The molecular weight excluding hydrogens is 230 g/mol. The molecule has 2 heterocycles. The second-order valence-corrected chi connectivity index (χ2v) is 5.42. The summed E-state index contributed by atoms with van der Waals surface area (Å²) in [5.41, 5.74) is 0.249. The van der Waals surface area contributed by atoms with Crippen molar-refractivity contribution in [1.29, 1.82) is 0 Å². The predicted octanol–water partition coefficient (Wildman–Crippen LogP) is 1.65. The molecule has 0 bridgehead atoms. The molecule has 0 aliphatic carbocycles. The molecule has 1 atom stereocenters. The average molecular weight is 251 g/mol. The van der Waals surface area contributed by atoms with Crippen molar-refractivity contribution < 1.29 is 9.53 Å². The summed E-state index contributed by atoms with van der Waals surface area (Å²) in [6, 6.07) is 0.144. The minimum Gasteiger partial charge on any atom is -0.493 e. The summed E-state index contributed by atoms with van der Waals surface area (Å²) in [5, 5.41) is 7.51. The van der Waals surface area contributed by atoms with Gasteiger partial charge in [-0.05, 0) is 26.8 Å². The summed E-state index contributed by atoms with van der Waals surface area (Å²) in [6.07, 6.45) is 2.48. The van der Waals surface area contributed by atoms with Crippen LogP contribution in [0.5, 0.6) is 5.75 Å². The van der Waals surface area contributed by atoms with E-state index in [1.165, 1.54) is 0 Å². The molecule has 1 fully saturated rings. The molecule has 1 aliphatic heterocycles. The van der Waals surface area contributed by atoms with Crippen LogP contribution >= 0.6 is 0 Å². The molecule has 5 heteroatoms. The predicted molar refractivity (Wildman–Crippen MR) is 69.1 cm³/mol. The lowest BCUT2D eigenvalue weighted by Gasteiger charge is -2.22. The fraction of sp³-hybridized carbons (Fsp3) is 0.692. The highest BCUT2D eigenvalue weighted by Gasteiger charge is 2.40. The Labute approximate surface area is 108 Å². The fourth-order valence-electron chi connectivity index (χ4n) is 2.40. The number of methoxy groups -OCH3 is 1. The standard InChI is InChI=1S/C13H21N3O2/c1-9(2)16-11(10(18-4)7-15-16)12(17)13(3)5-6-14-8-13/h7,9,14H,5-6,8H2,1-4H3. The van der Waals surface area contributed by atoms with Crippen LogP contribution in [0.1, 0.15) is 43.7 Å². The molecule has 1 aromatic heterocycles. The lowest BCUT2D eigenvalue weighted by Crippen LogP contribution is -2.32. The highest BCUT2D eigenvalue weighted by atomic mass is 16.5. The fourth-order valence-corrected chi connectivity index (χ4v) is 2.40. The third-order valence-electron chi connectivity index (χ3n) is 3.60. The van der Waals surface area contributed by atoms with Crippen LogP contribution in [-0.2, 0) is 0 Å². The molecule has 1 saturated heterocycles. The summed E-state index contributed by atoms with van der Waals surface area (Å²) < 4.78 is 7.03. The molecule has 1 N–H and O–H groups in total. The van der Waals surface area contributed by atoms with Gasteiger partial charge in [0.15, 0.2) is 11.5 Å². The zero-order valence-corrected chi connectivity index (χ0v) is 11.5. The second-order valence-electron chi connectivity index (χ2n) is 5.42. The van der Waals surface area contributed by atoms with Crippen LogP contribution < -0.4 is 10.1 Å². The van der Waals surface area contributed by atoms with Gasteiger partial charge in [0.05, 0.1) is 13.3 Å². The molecule has 0 aromatic carbocycles. The summed E-state index contributed by atoms with van der Waals surface area (Å²) in [7, 11) is 1.58. The first-order valence-electron chi connectivity index (χ1n) is 6.36. The first-order valence-corrected chi connectivity index (χ1v) is 6.36. The third-order valence-corrected chi connectivity index (χ3v) is 3.60. The van der Waals surface area contributed by atoms with Crippen molar-refractivity contribution in [1.82, 2.24) is 15.1 Å². The normalized spacial score (nSPS) is 23.6. The number of aromatic nitrogens is 2. The van der Waals surface area contributed by atoms with Crippen molar-refractivity contribution in [3.8, 4) is 5.75 Å². The number of nitrogens with one attached hydrogen (secondary N) is 1. The van der Waals surface area contributed by atoms with E-state index in [2.05, 4.69) is 10.4 Å². The number of carbonyl (C=O) groups excluding carboxylic acids is 1.